The first-order valence-corrected chi connectivity index (χ1v) is 12.7. The fourth-order valence-electron chi connectivity index (χ4n) is 4.69. The summed E-state index contributed by atoms with van der Waals surface area (Å²) in [5.41, 5.74) is 3.38. The van der Waals surface area contributed by atoms with E-state index in [0.717, 1.165) is 37.5 Å². The molecule has 1 aliphatic heterocycles. The highest BCUT2D eigenvalue weighted by atomic mass is 127. The minimum Gasteiger partial charge on any atom is -0.350 e. The molecule has 1 saturated carbocycles. The van der Waals surface area contributed by atoms with Gasteiger partial charge in [-0.1, -0.05) is 35.9 Å². The molecule has 1 aliphatic carbocycles. The van der Waals surface area contributed by atoms with Gasteiger partial charge in [0.2, 0.25) is 0 Å². The molecular formula is C25H24IN3O2S. The summed E-state index contributed by atoms with van der Waals surface area (Å²) in [4.78, 5) is 33.8. The van der Waals surface area contributed by atoms with E-state index in [1.54, 1.807) is 11.3 Å². The van der Waals surface area contributed by atoms with E-state index in [4.69, 9.17) is 0 Å². The van der Waals surface area contributed by atoms with E-state index >= 15 is 0 Å². The van der Waals surface area contributed by atoms with Crippen molar-refractivity contribution < 1.29 is 9.59 Å². The minimum absolute atomic E-state index is 0.0200. The second-order valence-corrected chi connectivity index (χ2v) is 11.1. The smallest absolute Gasteiger partial charge is 0.274 e. The lowest BCUT2D eigenvalue weighted by atomic mass is 10.1. The molecule has 1 N–H and O–H groups in total. The van der Waals surface area contributed by atoms with Crippen molar-refractivity contribution in [2.24, 2.45) is 11.8 Å². The number of nitrogens with zero attached hydrogens (tertiary/aromatic N) is 2. The third-order valence-electron chi connectivity index (χ3n) is 6.34. The van der Waals surface area contributed by atoms with Crippen LogP contribution in [0.1, 0.15) is 37.8 Å². The molecule has 164 valence electrons. The van der Waals surface area contributed by atoms with Crippen LogP contribution >= 0.6 is 33.9 Å². The Hall–Kier alpha value is -2.26. The lowest BCUT2D eigenvalue weighted by molar-refractivity contribution is 0.0690. The number of benzene rings is 2. The maximum Gasteiger partial charge on any atom is 0.274 e. The quantitative estimate of drug-likeness (QED) is 0.453. The third kappa shape index (κ3) is 4.20. The van der Waals surface area contributed by atoms with E-state index in [2.05, 4.69) is 51.9 Å². The minimum atomic E-state index is -0.0926. The number of halogens is 1. The number of rotatable bonds is 5. The number of amides is 2. The van der Waals surface area contributed by atoms with E-state index in [1.807, 2.05) is 48.2 Å². The summed E-state index contributed by atoms with van der Waals surface area (Å²) < 4.78 is 1.03. The molecular weight excluding hydrogens is 533 g/mol. The molecule has 2 heterocycles. The lowest BCUT2D eigenvalue weighted by Gasteiger charge is -2.27. The van der Waals surface area contributed by atoms with Crippen LogP contribution < -0.4 is 5.32 Å². The molecule has 0 spiro atoms. The summed E-state index contributed by atoms with van der Waals surface area (Å²) in [5, 5.41) is 3.95. The monoisotopic (exact) mass is 557 g/mol. The first-order chi connectivity index (χ1) is 15.4. The standard InChI is InChI=1S/C25H24IN3O2S/c1-14-5-3-6-16(9-14)23-22(28-15(2)32-23)25(31)29-13-18-11-20(18)21(29)12-27-24(30)17-7-4-8-19(26)10-17/h3-10,18,20-21H,11-13H2,1-2H3,(H,27,30)/t18-,20-,21+/m0/s1. The molecule has 2 aromatic carbocycles. The second kappa shape index (κ2) is 8.59. The fourth-order valence-corrected chi connectivity index (χ4v) is 6.14. The fraction of sp³-hybridized carbons (Fsp3) is 0.320. The third-order valence-corrected chi connectivity index (χ3v) is 8.03. The van der Waals surface area contributed by atoms with Crippen LogP contribution in [0.2, 0.25) is 0 Å². The molecule has 2 amide bonds. The van der Waals surface area contributed by atoms with Crippen molar-refractivity contribution in [1.29, 1.82) is 0 Å². The molecule has 0 radical (unpaired) electrons. The molecule has 3 atom stereocenters. The molecule has 2 fully saturated rings. The van der Waals surface area contributed by atoms with Gasteiger partial charge in [-0.2, -0.15) is 0 Å². The predicted octanol–water partition coefficient (Wildman–Crippen LogP) is 4.92. The zero-order valence-electron chi connectivity index (χ0n) is 18.0. The van der Waals surface area contributed by atoms with Gasteiger partial charge >= 0.3 is 0 Å². The predicted molar refractivity (Wildman–Crippen MR) is 135 cm³/mol. The first-order valence-electron chi connectivity index (χ1n) is 10.8. The first kappa shape index (κ1) is 21.6. The summed E-state index contributed by atoms with van der Waals surface area (Å²) in [5.74, 6) is 0.898. The van der Waals surface area contributed by atoms with Gasteiger partial charge < -0.3 is 10.2 Å². The van der Waals surface area contributed by atoms with Crippen LogP contribution in [-0.2, 0) is 0 Å². The summed E-state index contributed by atoms with van der Waals surface area (Å²) in [7, 11) is 0. The number of carbonyl (C=O) groups is 2. The Balaban J connectivity index is 1.36. The molecule has 0 unspecified atom stereocenters. The van der Waals surface area contributed by atoms with Crippen molar-refractivity contribution >= 4 is 45.7 Å². The number of piperidine rings is 1. The van der Waals surface area contributed by atoms with E-state index in [9.17, 15) is 9.59 Å². The van der Waals surface area contributed by atoms with Gasteiger partial charge in [0.05, 0.1) is 15.9 Å². The van der Waals surface area contributed by atoms with Gasteiger partial charge in [-0.25, -0.2) is 4.98 Å². The normalized spacial score (nSPS) is 21.3. The molecule has 1 saturated heterocycles. The molecule has 5 rings (SSSR count). The largest absolute Gasteiger partial charge is 0.350 e. The van der Waals surface area contributed by atoms with Crippen molar-refractivity contribution in [3.8, 4) is 10.4 Å². The lowest BCUT2D eigenvalue weighted by Crippen LogP contribution is -2.45. The van der Waals surface area contributed by atoms with E-state index < -0.39 is 0 Å². The number of carbonyl (C=O) groups excluding carboxylic acids is 2. The van der Waals surface area contributed by atoms with Crippen LogP contribution in [0.15, 0.2) is 48.5 Å². The van der Waals surface area contributed by atoms with Gasteiger partial charge in [0.25, 0.3) is 11.8 Å². The van der Waals surface area contributed by atoms with Crippen molar-refractivity contribution in [2.45, 2.75) is 26.3 Å². The Morgan fingerprint density at radius 2 is 2.00 bits per heavy atom. The van der Waals surface area contributed by atoms with Crippen molar-refractivity contribution in [3.05, 3.63) is 73.9 Å². The zero-order valence-corrected chi connectivity index (χ0v) is 20.9. The Bertz CT molecular complexity index is 1210. The van der Waals surface area contributed by atoms with Crippen molar-refractivity contribution in [1.82, 2.24) is 15.2 Å². The second-order valence-electron chi connectivity index (χ2n) is 8.68. The highest BCUT2D eigenvalue weighted by Gasteiger charge is 2.54. The Kier molecular flexibility index (Phi) is 5.79. The van der Waals surface area contributed by atoms with Gasteiger partial charge in [0.1, 0.15) is 5.69 Å². The van der Waals surface area contributed by atoms with Crippen LogP contribution in [-0.4, -0.2) is 40.8 Å². The molecule has 1 aromatic heterocycles. The van der Waals surface area contributed by atoms with Crippen molar-refractivity contribution in [3.63, 3.8) is 0 Å². The summed E-state index contributed by atoms with van der Waals surface area (Å²) in [6.45, 7) is 5.22. The molecule has 32 heavy (non-hydrogen) atoms. The number of thiazole rings is 1. The van der Waals surface area contributed by atoms with Gasteiger partial charge in [-0.15, -0.1) is 11.3 Å². The maximum absolute atomic E-state index is 13.6. The Morgan fingerprint density at radius 1 is 1.19 bits per heavy atom. The molecule has 7 heteroatoms. The van der Waals surface area contributed by atoms with Crippen LogP contribution in [0.3, 0.4) is 0 Å². The van der Waals surface area contributed by atoms with Gasteiger partial charge in [0, 0.05) is 22.2 Å². The average Bonchev–Trinajstić information content (AvgIpc) is 3.28. The average molecular weight is 557 g/mol. The van der Waals surface area contributed by atoms with E-state index in [-0.39, 0.29) is 17.9 Å². The number of hydrogen-bond donors (Lipinski definition) is 1. The van der Waals surface area contributed by atoms with Gasteiger partial charge in [0.15, 0.2) is 0 Å². The molecule has 5 nitrogen and oxygen atoms in total. The zero-order chi connectivity index (χ0) is 22.4. The summed E-state index contributed by atoms with van der Waals surface area (Å²) in [6.07, 6.45) is 1.13. The highest BCUT2D eigenvalue weighted by Crippen LogP contribution is 2.50. The molecule has 2 aliphatic rings. The van der Waals surface area contributed by atoms with E-state index in [1.165, 1.54) is 0 Å². The van der Waals surface area contributed by atoms with Crippen LogP contribution in [0.4, 0.5) is 0 Å². The van der Waals surface area contributed by atoms with Gasteiger partial charge in [-0.05, 0) is 78.5 Å². The number of aryl methyl sites for hydroxylation is 2. The van der Waals surface area contributed by atoms with Gasteiger partial charge in [-0.3, -0.25) is 9.59 Å². The highest BCUT2D eigenvalue weighted by molar-refractivity contribution is 14.1. The molecule has 3 aromatic rings. The van der Waals surface area contributed by atoms with Crippen LogP contribution in [0.5, 0.6) is 0 Å². The van der Waals surface area contributed by atoms with E-state index in [0.29, 0.717) is 29.6 Å². The number of nitrogens with one attached hydrogen (secondary N) is 1. The molecule has 0 bridgehead atoms. The maximum atomic E-state index is 13.6. The van der Waals surface area contributed by atoms with Crippen LogP contribution in [0.25, 0.3) is 10.4 Å². The van der Waals surface area contributed by atoms with Crippen LogP contribution in [0, 0.1) is 29.3 Å². The Morgan fingerprint density at radius 3 is 2.78 bits per heavy atom. The summed E-state index contributed by atoms with van der Waals surface area (Å²) in [6, 6.07) is 15.8. The Labute approximate surface area is 205 Å². The topological polar surface area (TPSA) is 62.3 Å². The number of likely N-dealkylation sites (tertiary alicyclic amines) is 1. The SMILES string of the molecule is Cc1cccc(-c2sc(C)nc2C(=O)N2C[C@@H]3C[C@@H]3[C@H]2CNC(=O)c2cccc(I)c2)c1. The summed E-state index contributed by atoms with van der Waals surface area (Å²) >= 11 is 3.77. The number of fused-ring (bicyclic) bond motifs is 1. The van der Waals surface area contributed by atoms with Crippen molar-refractivity contribution in [2.75, 3.05) is 13.1 Å². The number of hydrogen-bond acceptors (Lipinski definition) is 4. The number of aromatic nitrogens is 1.